The highest BCUT2D eigenvalue weighted by Gasteiger charge is 1.85. The van der Waals surface area contributed by atoms with Crippen molar-refractivity contribution in [2.24, 2.45) is 0 Å². The number of nitrogens with zero attached hydrogens (tertiary/aromatic N) is 8. The van der Waals surface area contributed by atoms with Crippen molar-refractivity contribution in [2.75, 3.05) is 0 Å². The van der Waals surface area contributed by atoms with Gasteiger partial charge in [-0.1, -0.05) is 6.07 Å². The van der Waals surface area contributed by atoms with Gasteiger partial charge in [0.2, 0.25) is 0 Å². The van der Waals surface area contributed by atoms with E-state index in [-0.39, 0.29) is 0 Å². The van der Waals surface area contributed by atoms with Crippen LogP contribution >= 0.6 is 0 Å². The topological polar surface area (TPSA) is 103 Å². The fraction of sp³-hybridized carbons (Fsp3) is 0.312. The van der Waals surface area contributed by atoms with Crippen LogP contribution in [-0.4, -0.2) is 39.9 Å². The Kier molecular flexibility index (Phi) is 15.7. The summed E-state index contributed by atoms with van der Waals surface area (Å²) in [6.45, 7) is 19.7. The normalized spacial score (nSPS) is 9.25. The Morgan fingerprint density at radius 2 is 0.925 bits per heavy atom. The van der Waals surface area contributed by atoms with Crippen molar-refractivity contribution in [3.05, 3.63) is 131 Å². The molecule has 0 spiro atoms. The van der Waals surface area contributed by atoms with Gasteiger partial charge >= 0.3 is 0 Å². The number of rotatable bonds is 0. The Hall–Kier alpha value is -4.46. The lowest BCUT2D eigenvalue weighted by atomic mass is 10.2. The molecule has 0 fully saturated rings. The number of pyridine rings is 2. The fourth-order valence-corrected chi connectivity index (χ4v) is 3.01. The van der Waals surface area contributed by atoms with Gasteiger partial charge in [0.05, 0.1) is 11.4 Å². The molecule has 0 radical (unpaired) electrons. The average Bonchev–Trinajstić information content (AvgIpc) is 2.87. The largest absolute Gasteiger partial charge is 0.264 e. The van der Waals surface area contributed by atoms with E-state index in [1.165, 1.54) is 16.7 Å². The minimum Gasteiger partial charge on any atom is -0.264 e. The molecule has 0 atom stereocenters. The molecule has 0 unspecified atom stereocenters. The van der Waals surface area contributed by atoms with Crippen LogP contribution in [-0.2, 0) is 0 Å². The summed E-state index contributed by atoms with van der Waals surface area (Å²) in [5.41, 5.74) is 8.90. The van der Waals surface area contributed by atoms with Gasteiger partial charge in [-0.2, -0.15) is 0 Å². The molecule has 0 saturated carbocycles. The molecule has 0 aliphatic heterocycles. The van der Waals surface area contributed by atoms with E-state index in [9.17, 15) is 0 Å². The lowest BCUT2D eigenvalue weighted by Gasteiger charge is -1.90. The zero-order chi connectivity index (χ0) is 29.9. The van der Waals surface area contributed by atoms with Crippen molar-refractivity contribution < 1.29 is 0 Å². The minimum atomic E-state index is 0.829. The first-order valence-electron chi connectivity index (χ1n) is 13.0. The van der Waals surface area contributed by atoms with Crippen LogP contribution in [0.2, 0.25) is 0 Å². The standard InChI is InChI=1S/2C7H9N.3C6H8N2/c1-6-3-7(2)5-8-4-6;1-6-3-4-8-7(2)5-6;1-5-3-7-4-6(2)8-5;1-5-3-7-6(2)8-4-5;1-5-3-4-7-6(2)8-5/h2*3-5H,1-2H3;3*3-4H,1-2H3. The first-order chi connectivity index (χ1) is 18.9. The van der Waals surface area contributed by atoms with Gasteiger partial charge in [0, 0.05) is 61.0 Å². The van der Waals surface area contributed by atoms with Crippen LogP contribution in [0.4, 0.5) is 0 Å². The van der Waals surface area contributed by atoms with Gasteiger partial charge in [-0.3, -0.25) is 19.9 Å². The summed E-state index contributed by atoms with van der Waals surface area (Å²) in [5.74, 6) is 1.67. The van der Waals surface area contributed by atoms with E-state index in [0.29, 0.717) is 0 Å². The van der Waals surface area contributed by atoms with Crippen LogP contribution < -0.4 is 0 Å². The summed E-state index contributed by atoms with van der Waals surface area (Å²) in [7, 11) is 0. The predicted molar refractivity (Wildman–Crippen MR) is 162 cm³/mol. The lowest BCUT2D eigenvalue weighted by molar-refractivity contribution is 1.01. The monoisotopic (exact) mass is 538 g/mol. The molecule has 40 heavy (non-hydrogen) atoms. The van der Waals surface area contributed by atoms with Crippen LogP contribution in [0.3, 0.4) is 0 Å². The summed E-state index contributed by atoms with van der Waals surface area (Å²) < 4.78 is 0. The van der Waals surface area contributed by atoms with E-state index in [0.717, 1.165) is 40.0 Å². The molecule has 5 rings (SSSR count). The summed E-state index contributed by atoms with van der Waals surface area (Å²) in [6.07, 6.45) is 14.4. The van der Waals surface area contributed by atoms with Crippen LogP contribution in [0.5, 0.6) is 0 Å². The van der Waals surface area contributed by atoms with Crippen molar-refractivity contribution >= 4 is 0 Å². The van der Waals surface area contributed by atoms with Gasteiger partial charge in [-0.25, -0.2) is 19.9 Å². The van der Waals surface area contributed by atoms with Crippen molar-refractivity contribution in [3.63, 3.8) is 0 Å². The van der Waals surface area contributed by atoms with Crippen molar-refractivity contribution in [3.8, 4) is 0 Å². The van der Waals surface area contributed by atoms with E-state index >= 15 is 0 Å². The van der Waals surface area contributed by atoms with Gasteiger partial charge in [0.15, 0.2) is 0 Å². The number of hydrogen-bond acceptors (Lipinski definition) is 8. The maximum Gasteiger partial charge on any atom is 0.125 e. The predicted octanol–water partition coefficient (Wildman–Crippen LogP) is 6.68. The molecule has 0 bridgehead atoms. The third kappa shape index (κ3) is 17.1. The molecule has 0 amide bonds. The number of hydrogen-bond donors (Lipinski definition) is 0. The Balaban J connectivity index is 0.000000250. The highest BCUT2D eigenvalue weighted by Crippen LogP contribution is 1.97. The van der Waals surface area contributed by atoms with Gasteiger partial charge < -0.3 is 0 Å². The third-order valence-electron chi connectivity index (χ3n) is 4.76. The highest BCUT2D eigenvalue weighted by molar-refractivity contribution is 5.14. The minimum absolute atomic E-state index is 0.829. The van der Waals surface area contributed by atoms with E-state index < -0.39 is 0 Å². The summed E-state index contributed by atoms with van der Waals surface area (Å²) in [4.78, 5) is 32.0. The van der Waals surface area contributed by atoms with Crippen LogP contribution in [0.15, 0.2) is 73.8 Å². The molecular formula is C32H42N8. The SMILES string of the molecule is Cc1ccnc(C)c1.Cc1ccnc(C)n1.Cc1cnc(C)nc1.Cc1cncc(C)c1.Cc1cncc(C)n1. The molecule has 8 heteroatoms. The molecule has 210 valence electrons. The van der Waals surface area contributed by atoms with Gasteiger partial charge in [-0.15, -0.1) is 0 Å². The Labute approximate surface area is 239 Å². The number of aryl methyl sites for hydroxylation is 10. The van der Waals surface area contributed by atoms with Gasteiger partial charge in [-0.05, 0) is 110 Å². The zero-order valence-electron chi connectivity index (χ0n) is 25.5. The molecule has 5 heterocycles. The Morgan fingerprint density at radius 1 is 0.375 bits per heavy atom. The van der Waals surface area contributed by atoms with Crippen LogP contribution in [0, 0.1) is 69.2 Å². The summed E-state index contributed by atoms with van der Waals surface area (Å²) in [6, 6.07) is 8.03. The average molecular weight is 539 g/mol. The molecule has 5 aromatic rings. The highest BCUT2D eigenvalue weighted by atomic mass is 14.9. The molecule has 0 aromatic carbocycles. The van der Waals surface area contributed by atoms with Crippen LogP contribution in [0.25, 0.3) is 0 Å². The second-order valence-corrected chi connectivity index (χ2v) is 9.37. The maximum atomic E-state index is 4.11. The molecule has 5 aromatic heterocycles. The van der Waals surface area contributed by atoms with Gasteiger partial charge in [0.25, 0.3) is 0 Å². The van der Waals surface area contributed by atoms with Crippen molar-refractivity contribution in [1.82, 2.24) is 39.9 Å². The summed E-state index contributed by atoms with van der Waals surface area (Å²) >= 11 is 0. The first-order valence-corrected chi connectivity index (χ1v) is 13.0. The molecule has 0 saturated heterocycles. The van der Waals surface area contributed by atoms with Crippen LogP contribution in [0.1, 0.15) is 56.7 Å². The molecular weight excluding hydrogens is 496 g/mol. The second-order valence-electron chi connectivity index (χ2n) is 9.37. The molecule has 8 nitrogen and oxygen atoms in total. The summed E-state index contributed by atoms with van der Waals surface area (Å²) in [5, 5.41) is 0. The Morgan fingerprint density at radius 3 is 1.25 bits per heavy atom. The first kappa shape index (κ1) is 33.6. The van der Waals surface area contributed by atoms with Crippen molar-refractivity contribution in [2.45, 2.75) is 69.2 Å². The smallest absolute Gasteiger partial charge is 0.125 e. The maximum absolute atomic E-state index is 4.11. The second kappa shape index (κ2) is 18.7. The number of aromatic nitrogens is 8. The van der Waals surface area contributed by atoms with E-state index in [1.807, 2.05) is 105 Å². The van der Waals surface area contributed by atoms with E-state index in [4.69, 9.17) is 0 Å². The van der Waals surface area contributed by atoms with Crippen molar-refractivity contribution in [1.29, 1.82) is 0 Å². The quantitative estimate of drug-likeness (QED) is 0.215. The third-order valence-corrected chi connectivity index (χ3v) is 4.76. The molecule has 0 N–H and O–H groups in total. The fourth-order valence-electron chi connectivity index (χ4n) is 3.01. The molecule has 0 aliphatic carbocycles. The van der Waals surface area contributed by atoms with Gasteiger partial charge in [0.1, 0.15) is 11.6 Å². The van der Waals surface area contributed by atoms with E-state index in [1.54, 1.807) is 18.6 Å². The zero-order valence-corrected chi connectivity index (χ0v) is 25.5. The Bertz CT molecular complexity index is 1140. The molecule has 0 aliphatic rings. The van der Waals surface area contributed by atoms with E-state index in [2.05, 4.69) is 58.9 Å². The lowest BCUT2D eigenvalue weighted by Crippen LogP contribution is -1.86.